The lowest BCUT2D eigenvalue weighted by molar-refractivity contribution is -0.117. The number of carbonyl (C=O) groups is 1. The lowest BCUT2D eigenvalue weighted by atomic mass is 10.0. The van der Waals surface area contributed by atoms with E-state index in [-0.39, 0.29) is 11.9 Å². The number of anilines is 1. The Labute approximate surface area is 161 Å². The van der Waals surface area contributed by atoms with Crippen molar-refractivity contribution in [3.8, 4) is 11.5 Å². The highest BCUT2D eigenvalue weighted by atomic mass is 16.5. The summed E-state index contributed by atoms with van der Waals surface area (Å²) in [6.07, 6.45) is 1.93. The zero-order chi connectivity index (χ0) is 19.2. The molecule has 1 heterocycles. The Morgan fingerprint density at radius 1 is 1.07 bits per heavy atom. The summed E-state index contributed by atoms with van der Waals surface area (Å²) in [5.41, 5.74) is 2.14. The predicted molar refractivity (Wildman–Crippen MR) is 107 cm³/mol. The molecule has 1 saturated heterocycles. The maximum Gasteiger partial charge on any atom is 0.224 e. The number of nitrogens with zero attached hydrogens (tertiary/aromatic N) is 2. The van der Waals surface area contributed by atoms with Gasteiger partial charge < -0.3 is 14.4 Å². The summed E-state index contributed by atoms with van der Waals surface area (Å²) in [6.45, 7) is 4.40. The minimum absolute atomic E-state index is 0.108. The van der Waals surface area contributed by atoms with Crippen LogP contribution in [0, 0.1) is 0 Å². The van der Waals surface area contributed by atoms with Gasteiger partial charge in [0.2, 0.25) is 5.91 Å². The molecule has 0 unspecified atom stereocenters. The van der Waals surface area contributed by atoms with E-state index in [1.165, 1.54) is 0 Å². The first-order valence-corrected chi connectivity index (χ1v) is 9.40. The van der Waals surface area contributed by atoms with Crippen molar-refractivity contribution in [2.75, 3.05) is 32.2 Å². The first-order chi connectivity index (χ1) is 13.1. The average Bonchev–Trinajstić information content (AvgIpc) is 2.70. The summed E-state index contributed by atoms with van der Waals surface area (Å²) in [7, 11) is 3.35. The van der Waals surface area contributed by atoms with Gasteiger partial charge in [0.05, 0.1) is 14.2 Å². The normalized spacial score (nSPS) is 15.4. The van der Waals surface area contributed by atoms with Crippen molar-refractivity contribution < 1.29 is 14.3 Å². The van der Waals surface area contributed by atoms with Crippen molar-refractivity contribution >= 4 is 11.6 Å². The molecule has 3 rings (SSSR count). The molecule has 0 bridgehead atoms. The molecule has 0 saturated carbocycles. The molecule has 0 radical (unpaired) electrons. The number of methoxy groups -OCH3 is 2. The van der Waals surface area contributed by atoms with E-state index in [0.29, 0.717) is 0 Å². The summed E-state index contributed by atoms with van der Waals surface area (Å²) in [5, 5.41) is 0. The van der Waals surface area contributed by atoms with Crippen molar-refractivity contribution in [1.82, 2.24) is 4.90 Å². The predicted octanol–water partition coefficient (Wildman–Crippen LogP) is 3.72. The number of hydrogen-bond acceptors (Lipinski definition) is 4. The Morgan fingerprint density at radius 3 is 2.37 bits per heavy atom. The van der Waals surface area contributed by atoms with Crippen molar-refractivity contribution in [3.05, 3.63) is 54.1 Å². The van der Waals surface area contributed by atoms with Gasteiger partial charge in [0, 0.05) is 49.9 Å². The quantitative estimate of drug-likeness (QED) is 0.779. The van der Waals surface area contributed by atoms with Crippen LogP contribution < -0.4 is 14.4 Å². The number of piperidine rings is 1. The van der Waals surface area contributed by atoms with Gasteiger partial charge in [-0.1, -0.05) is 24.3 Å². The van der Waals surface area contributed by atoms with E-state index in [1.54, 1.807) is 21.1 Å². The van der Waals surface area contributed by atoms with Crippen molar-refractivity contribution in [1.29, 1.82) is 0 Å². The Bertz CT molecular complexity index is 755. The van der Waals surface area contributed by atoms with E-state index in [9.17, 15) is 4.79 Å². The molecule has 2 aromatic carbocycles. The molecule has 0 spiro atoms. The minimum atomic E-state index is 0.108. The molecule has 0 N–H and O–H groups in total. The second-order valence-corrected chi connectivity index (χ2v) is 6.91. The summed E-state index contributed by atoms with van der Waals surface area (Å²) >= 11 is 0. The molecule has 0 aliphatic carbocycles. The summed E-state index contributed by atoms with van der Waals surface area (Å²) in [5.74, 6) is 1.76. The van der Waals surface area contributed by atoms with Crippen LogP contribution in [0.15, 0.2) is 48.5 Å². The smallest absolute Gasteiger partial charge is 0.224 e. The van der Waals surface area contributed by atoms with Gasteiger partial charge in [-0.2, -0.15) is 0 Å². The van der Waals surface area contributed by atoms with Crippen LogP contribution in [-0.4, -0.2) is 44.2 Å². The first kappa shape index (κ1) is 19.2. The molecule has 1 aliphatic rings. The maximum atomic E-state index is 12.2. The largest absolute Gasteiger partial charge is 0.497 e. The van der Waals surface area contributed by atoms with E-state index in [4.69, 9.17) is 9.47 Å². The fourth-order valence-electron chi connectivity index (χ4n) is 3.80. The van der Waals surface area contributed by atoms with E-state index in [1.807, 2.05) is 47.4 Å². The van der Waals surface area contributed by atoms with Crippen LogP contribution in [0.25, 0.3) is 0 Å². The molecule has 2 aromatic rings. The van der Waals surface area contributed by atoms with Crippen LogP contribution in [-0.2, 0) is 11.3 Å². The van der Waals surface area contributed by atoms with Gasteiger partial charge in [-0.15, -0.1) is 0 Å². The van der Waals surface area contributed by atoms with E-state index in [0.717, 1.165) is 55.2 Å². The van der Waals surface area contributed by atoms with Crippen LogP contribution in [0.4, 0.5) is 5.69 Å². The minimum Gasteiger partial charge on any atom is -0.497 e. The van der Waals surface area contributed by atoms with Gasteiger partial charge in [0.15, 0.2) is 0 Å². The Hall–Kier alpha value is -2.53. The molecule has 27 heavy (non-hydrogen) atoms. The molecular weight excluding hydrogens is 340 g/mol. The number of hydrogen-bond donors (Lipinski definition) is 0. The Kier molecular flexibility index (Phi) is 6.35. The topological polar surface area (TPSA) is 42.0 Å². The van der Waals surface area contributed by atoms with Gasteiger partial charge >= 0.3 is 0 Å². The standard InChI is InChI=1S/C22H28N2O3/c1-17(25)24(19-7-5-4-6-8-19)20-11-13-23(14-12-20)16-18-9-10-21(26-2)15-22(18)27-3/h4-10,15,20H,11-14,16H2,1-3H3. The highest BCUT2D eigenvalue weighted by molar-refractivity contribution is 5.92. The lowest BCUT2D eigenvalue weighted by Gasteiger charge is -2.38. The van der Waals surface area contributed by atoms with Crippen molar-refractivity contribution in [3.63, 3.8) is 0 Å². The van der Waals surface area contributed by atoms with Gasteiger partial charge in [0.25, 0.3) is 0 Å². The second-order valence-electron chi connectivity index (χ2n) is 6.91. The number of amides is 1. The fourth-order valence-corrected chi connectivity index (χ4v) is 3.80. The molecule has 5 heteroatoms. The number of benzene rings is 2. The molecule has 1 amide bonds. The molecule has 1 aliphatic heterocycles. The third kappa shape index (κ3) is 4.61. The molecule has 5 nitrogen and oxygen atoms in total. The number of carbonyl (C=O) groups excluding carboxylic acids is 1. The Morgan fingerprint density at radius 2 is 1.78 bits per heavy atom. The summed E-state index contributed by atoms with van der Waals surface area (Å²) < 4.78 is 10.8. The highest BCUT2D eigenvalue weighted by Crippen LogP contribution is 2.28. The van der Waals surface area contributed by atoms with Crippen LogP contribution in [0.3, 0.4) is 0 Å². The zero-order valence-electron chi connectivity index (χ0n) is 16.4. The van der Waals surface area contributed by atoms with Gasteiger partial charge in [-0.05, 0) is 31.0 Å². The SMILES string of the molecule is COc1ccc(CN2CCC(N(C(C)=O)c3ccccc3)CC2)c(OC)c1. The molecule has 1 fully saturated rings. The van der Waals surface area contributed by atoms with Crippen molar-refractivity contribution in [2.24, 2.45) is 0 Å². The molecule has 0 atom stereocenters. The average molecular weight is 368 g/mol. The Balaban J connectivity index is 1.64. The third-order valence-electron chi connectivity index (χ3n) is 5.18. The second kappa shape index (κ2) is 8.91. The third-order valence-corrected chi connectivity index (χ3v) is 5.18. The fraction of sp³-hybridized carbons (Fsp3) is 0.409. The highest BCUT2D eigenvalue weighted by Gasteiger charge is 2.27. The van der Waals surface area contributed by atoms with Crippen LogP contribution in [0.2, 0.25) is 0 Å². The van der Waals surface area contributed by atoms with Crippen LogP contribution in [0.5, 0.6) is 11.5 Å². The van der Waals surface area contributed by atoms with E-state index < -0.39 is 0 Å². The number of rotatable bonds is 6. The van der Waals surface area contributed by atoms with Crippen molar-refractivity contribution in [2.45, 2.75) is 32.4 Å². The van der Waals surface area contributed by atoms with E-state index >= 15 is 0 Å². The molecule has 144 valence electrons. The van der Waals surface area contributed by atoms with Gasteiger partial charge in [0.1, 0.15) is 11.5 Å². The summed E-state index contributed by atoms with van der Waals surface area (Å²) in [6, 6.07) is 16.2. The first-order valence-electron chi connectivity index (χ1n) is 9.40. The van der Waals surface area contributed by atoms with Gasteiger partial charge in [-0.25, -0.2) is 0 Å². The van der Waals surface area contributed by atoms with Gasteiger partial charge in [-0.3, -0.25) is 9.69 Å². The van der Waals surface area contributed by atoms with Crippen LogP contribution >= 0.6 is 0 Å². The van der Waals surface area contributed by atoms with E-state index in [2.05, 4.69) is 11.0 Å². The number of likely N-dealkylation sites (tertiary alicyclic amines) is 1. The summed E-state index contributed by atoms with van der Waals surface area (Å²) in [4.78, 5) is 16.6. The zero-order valence-corrected chi connectivity index (χ0v) is 16.4. The number of ether oxygens (including phenoxy) is 2. The lowest BCUT2D eigenvalue weighted by Crippen LogP contribution is -2.46. The van der Waals surface area contributed by atoms with Crippen LogP contribution in [0.1, 0.15) is 25.3 Å². The molecule has 0 aromatic heterocycles. The molecular formula is C22H28N2O3. The number of para-hydroxylation sites is 1. The monoisotopic (exact) mass is 368 g/mol. The maximum absolute atomic E-state index is 12.2.